The predicted octanol–water partition coefficient (Wildman–Crippen LogP) is 6.22. The molecule has 3 bridgehead atoms. The quantitative estimate of drug-likeness (QED) is 0.464. The predicted molar refractivity (Wildman–Crippen MR) is 90.0 cm³/mol. The van der Waals surface area contributed by atoms with Gasteiger partial charge >= 0.3 is 0 Å². The van der Waals surface area contributed by atoms with Crippen molar-refractivity contribution in [1.29, 1.82) is 0 Å². The van der Waals surface area contributed by atoms with Gasteiger partial charge in [0.25, 0.3) is 0 Å². The van der Waals surface area contributed by atoms with E-state index in [9.17, 15) is 0 Å². The van der Waals surface area contributed by atoms with E-state index >= 15 is 0 Å². The average molecular weight is 287 g/mol. The summed E-state index contributed by atoms with van der Waals surface area (Å²) in [7, 11) is 0. The summed E-state index contributed by atoms with van der Waals surface area (Å²) in [5, 5.41) is 0. The molecule has 3 fully saturated rings. The zero-order valence-corrected chi connectivity index (χ0v) is 14.2. The Morgan fingerprint density at radius 3 is 2.29 bits per heavy atom. The fourth-order valence-corrected chi connectivity index (χ4v) is 7.06. The highest BCUT2D eigenvalue weighted by atomic mass is 14.6. The first-order valence-electron chi connectivity index (χ1n) is 9.83. The molecule has 4 aliphatic carbocycles. The maximum Gasteiger partial charge on any atom is -0.0292 e. The molecule has 7 atom stereocenters. The summed E-state index contributed by atoms with van der Waals surface area (Å²) in [6.45, 7) is 5.14. The molecule has 4 rings (SSSR count). The second-order valence-corrected chi connectivity index (χ2v) is 9.25. The van der Waals surface area contributed by atoms with Crippen molar-refractivity contribution in [2.45, 2.75) is 78.1 Å². The molecule has 0 amide bonds. The van der Waals surface area contributed by atoms with Gasteiger partial charge in [-0.1, -0.05) is 45.3 Å². The minimum atomic E-state index is 0.772. The van der Waals surface area contributed by atoms with Crippen molar-refractivity contribution in [3.8, 4) is 0 Å². The molecule has 0 aromatic rings. The highest BCUT2D eigenvalue weighted by Gasteiger charge is 2.51. The van der Waals surface area contributed by atoms with E-state index in [4.69, 9.17) is 0 Å². The Hall–Kier alpha value is -0.260. The van der Waals surface area contributed by atoms with E-state index in [0.717, 1.165) is 40.9 Å². The molecule has 0 aromatic carbocycles. The van der Waals surface area contributed by atoms with E-state index in [0.29, 0.717) is 0 Å². The van der Waals surface area contributed by atoms with Crippen LogP contribution in [-0.4, -0.2) is 0 Å². The standard InChI is InChI=1S/C21H34/c1-15-7-3-4-9-18-19-13-21(11-5-8-16(19)2)12-6-10-17(15)20(18)14-21/h3-4,15-20H,5-14H2,1-2H3/b4-3-. The largest absolute Gasteiger partial charge is 0.0883 e. The molecule has 0 nitrogen and oxygen atoms in total. The van der Waals surface area contributed by atoms with Gasteiger partial charge in [-0.25, -0.2) is 0 Å². The fraction of sp³-hybridized carbons (Fsp3) is 0.905. The lowest BCUT2D eigenvalue weighted by molar-refractivity contribution is -0.00986. The molecule has 0 aromatic heterocycles. The summed E-state index contributed by atoms with van der Waals surface area (Å²) in [5.74, 6) is 6.08. The SMILES string of the molecule is CC1CCCC23CCCC4C(C)C/C=C\CC(C1C2)C4C3. The van der Waals surface area contributed by atoms with Gasteiger partial charge in [-0.3, -0.25) is 0 Å². The summed E-state index contributed by atoms with van der Waals surface area (Å²) >= 11 is 0. The third-order valence-electron chi connectivity index (χ3n) is 8.14. The van der Waals surface area contributed by atoms with Crippen molar-refractivity contribution in [2.24, 2.45) is 40.9 Å². The van der Waals surface area contributed by atoms with Crippen molar-refractivity contribution in [3.05, 3.63) is 12.2 Å². The van der Waals surface area contributed by atoms with E-state index in [1.165, 1.54) is 32.1 Å². The topological polar surface area (TPSA) is 0 Å². The van der Waals surface area contributed by atoms with Crippen LogP contribution in [0.4, 0.5) is 0 Å². The molecule has 0 heteroatoms. The fourth-order valence-electron chi connectivity index (χ4n) is 7.06. The van der Waals surface area contributed by atoms with Crippen molar-refractivity contribution < 1.29 is 0 Å². The molecule has 1 spiro atoms. The van der Waals surface area contributed by atoms with Crippen LogP contribution in [0.15, 0.2) is 12.2 Å². The first-order valence-corrected chi connectivity index (χ1v) is 9.83. The highest BCUT2D eigenvalue weighted by Crippen LogP contribution is 2.61. The van der Waals surface area contributed by atoms with Crippen LogP contribution in [-0.2, 0) is 0 Å². The normalized spacial score (nSPS) is 54.8. The van der Waals surface area contributed by atoms with Gasteiger partial charge < -0.3 is 0 Å². The molecular formula is C21H34. The summed E-state index contributed by atoms with van der Waals surface area (Å²) < 4.78 is 0. The summed E-state index contributed by atoms with van der Waals surface area (Å²) in [5.41, 5.74) is 0.772. The number of hydrogen-bond donors (Lipinski definition) is 0. The Morgan fingerprint density at radius 1 is 0.714 bits per heavy atom. The van der Waals surface area contributed by atoms with Crippen LogP contribution in [0.5, 0.6) is 0 Å². The lowest BCUT2D eigenvalue weighted by Crippen LogP contribution is -2.43. The number of fused-ring (bicyclic) bond motifs is 2. The Labute approximate surface area is 131 Å². The molecule has 118 valence electrons. The van der Waals surface area contributed by atoms with Crippen LogP contribution < -0.4 is 0 Å². The molecule has 7 unspecified atom stereocenters. The lowest BCUT2D eigenvalue weighted by Gasteiger charge is -2.51. The van der Waals surface area contributed by atoms with Crippen LogP contribution in [0, 0.1) is 40.9 Å². The molecule has 0 radical (unpaired) electrons. The van der Waals surface area contributed by atoms with E-state index in [2.05, 4.69) is 26.0 Å². The van der Waals surface area contributed by atoms with Crippen LogP contribution in [0.1, 0.15) is 78.1 Å². The molecule has 4 aliphatic rings. The second-order valence-electron chi connectivity index (χ2n) is 9.25. The van der Waals surface area contributed by atoms with E-state index < -0.39 is 0 Å². The van der Waals surface area contributed by atoms with E-state index in [1.54, 1.807) is 32.1 Å². The van der Waals surface area contributed by atoms with Gasteiger partial charge in [0.2, 0.25) is 0 Å². The zero-order valence-electron chi connectivity index (χ0n) is 14.2. The van der Waals surface area contributed by atoms with Crippen molar-refractivity contribution in [1.82, 2.24) is 0 Å². The monoisotopic (exact) mass is 286 g/mol. The maximum atomic E-state index is 2.59. The van der Waals surface area contributed by atoms with Gasteiger partial charge in [0.1, 0.15) is 0 Å². The van der Waals surface area contributed by atoms with Crippen LogP contribution in [0.3, 0.4) is 0 Å². The molecule has 0 saturated heterocycles. The van der Waals surface area contributed by atoms with Gasteiger partial charge in [-0.05, 0) is 85.9 Å². The van der Waals surface area contributed by atoms with Crippen LogP contribution >= 0.6 is 0 Å². The van der Waals surface area contributed by atoms with Crippen molar-refractivity contribution in [3.63, 3.8) is 0 Å². The molecule has 21 heavy (non-hydrogen) atoms. The minimum Gasteiger partial charge on any atom is -0.0883 e. The number of allylic oxidation sites excluding steroid dienone is 2. The zero-order chi connectivity index (χ0) is 14.4. The van der Waals surface area contributed by atoms with Gasteiger partial charge in [0, 0.05) is 0 Å². The molecule has 0 N–H and O–H groups in total. The smallest absolute Gasteiger partial charge is 0.0292 e. The van der Waals surface area contributed by atoms with E-state index in [1.807, 2.05) is 0 Å². The second kappa shape index (κ2) is 5.43. The van der Waals surface area contributed by atoms with Gasteiger partial charge in [0.05, 0.1) is 0 Å². The Bertz CT molecular complexity index is 408. The van der Waals surface area contributed by atoms with Gasteiger partial charge in [-0.15, -0.1) is 0 Å². The Balaban J connectivity index is 1.75. The minimum absolute atomic E-state index is 0.772. The van der Waals surface area contributed by atoms with Crippen LogP contribution in [0.2, 0.25) is 0 Å². The highest BCUT2D eigenvalue weighted by molar-refractivity contribution is 5.05. The molecule has 0 heterocycles. The number of hydrogen-bond acceptors (Lipinski definition) is 0. The third kappa shape index (κ3) is 2.41. The number of rotatable bonds is 0. The maximum absolute atomic E-state index is 2.59. The van der Waals surface area contributed by atoms with Crippen molar-refractivity contribution in [2.75, 3.05) is 0 Å². The summed E-state index contributed by atoms with van der Waals surface area (Å²) in [6.07, 6.45) is 20.3. The molecular weight excluding hydrogens is 252 g/mol. The summed E-state index contributed by atoms with van der Waals surface area (Å²) in [4.78, 5) is 0. The summed E-state index contributed by atoms with van der Waals surface area (Å²) in [6, 6.07) is 0. The van der Waals surface area contributed by atoms with E-state index in [-0.39, 0.29) is 0 Å². The van der Waals surface area contributed by atoms with Crippen LogP contribution in [0.25, 0.3) is 0 Å². The lowest BCUT2D eigenvalue weighted by atomic mass is 9.54. The first-order chi connectivity index (χ1) is 10.2. The Kier molecular flexibility index (Phi) is 3.71. The van der Waals surface area contributed by atoms with Gasteiger partial charge in [0.15, 0.2) is 0 Å². The average Bonchev–Trinajstić information content (AvgIpc) is 2.68. The van der Waals surface area contributed by atoms with Gasteiger partial charge in [-0.2, -0.15) is 0 Å². The van der Waals surface area contributed by atoms with Crippen molar-refractivity contribution >= 4 is 0 Å². The Morgan fingerprint density at radius 2 is 1.43 bits per heavy atom. The first kappa shape index (κ1) is 14.3. The molecule has 3 saturated carbocycles. The molecule has 0 aliphatic heterocycles. The third-order valence-corrected chi connectivity index (χ3v) is 8.14.